The third kappa shape index (κ3) is 4.77. The van der Waals surface area contributed by atoms with Crippen LogP contribution in [-0.4, -0.2) is 74.8 Å². The Hall–Kier alpha value is -4.09. The first kappa shape index (κ1) is 24.3. The van der Waals surface area contributed by atoms with Gasteiger partial charge in [0.05, 0.1) is 36.4 Å². The molecule has 38 heavy (non-hydrogen) atoms. The fraction of sp³-hybridized carbons (Fsp3) is 0.333. The number of rotatable bonds is 7. The maximum Gasteiger partial charge on any atom is 0.257 e. The second kappa shape index (κ2) is 9.99. The number of halogens is 1. The van der Waals surface area contributed by atoms with Gasteiger partial charge in [0.25, 0.3) is 11.8 Å². The molecule has 2 aliphatic heterocycles. The lowest BCUT2D eigenvalue weighted by atomic mass is 10.1. The Morgan fingerprint density at radius 1 is 1.11 bits per heavy atom. The number of hydrogen-bond acceptors (Lipinski definition) is 6. The number of hydrogen-bond donors (Lipinski definition) is 3. The van der Waals surface area contributed by atoms with E-state index < -0.39 is 11.7 Å². The van der Waals surface area contributed by atoms with E-state index in [1.807, 2.05) is 19.3 Å². The van der Waals surface area contributed by atoms with Crippen LogP contribution in [0, 0.1) is 5.82 Å². The molecule has 196 valence electrons. The minimum Gasteiger partial charge on any atom is -0.378 e. The van der Waals surface area contributed by atoms with Crippen molar-refractivity contribution < 1.29 is 18.7 Å². The van der Waals surface area contributed by atoms with Crippen molar-refractivity contribution in [2.24, 2.45) is 7.05 Å². The van der Waals surface area contributed by atoms with Crippen molar-refractivity contribution in [2.45, 2.75) is 24.9 Å². The minimum absolute atomic E-state index is 0.0703. The fourth-order valence-corrected chi connectivity index (χ4v) is 5.29. The second-order valence-corrected chi connectivity index (χ2v) is 9.81. The van der Waals surface area contributed by atoms with E-state index in [1.165, 1.54) is 24.4 Å². The van der Waals surface area contributed by atoms with Crippen LogP contribution in [0.1, 0.15) is 33.6 Å². The smallest absolute Gasteiger partial charge is 0.257 e. The third-order valence-electron chi connectivity index (χ3n) is 7.27. The van der Waals surface area contributed by atoms with E-state index in [0.29, 0.717) is 24.3 Å². The molecular weight excluding hydrogens is 489 g/mol. The molecule has 0 radical (unpaired) electrons. The van der Waals surface area contributed by atoms with Gasteiger partial charge in [-0.05, 0) is 43.2 Å². The highest BCUT2D eigenvalue weighted by atomic mass is 19.1. The summed E-state index contributed by atoms with van der Waals surface area (Å²) in [5, 5.41) is 10.4. The highest BCUT2D eigenvalue weighted by Gasteiger charge is 2.36. The first-order valence-electron chi connectivity index (χ1n) is 12.6. The molecule has 2 saturated heterocycles. The molecule has 3 aromatic heterocycles. The largest absolute Gasteiger partial charge is 0.378 e. The maximum absolute atomic E-state index is 14.5. The predicted molar refractivity (Wildman–Crippen MR) is 139 cm³/mol. The number of pyridine rings is 1. The van der Waals surface area contributed by atoms with Crippen molar-refractivity contribution in [3.8, 4) is 11.3 Å². The Labute approximate surface area is 218 Å². The summed E-state index contributed by atoms with van der Waals surface area (Å²) < 4.78 is 21.9. The van der Waals surface area contributed by atoms with E-state index in [0.717, 1.165) is 49.2 Å². The Balaban J connectivity index is 1.11. The van der Waals surface area contributed by atoms with Crippen LogP contribution in [0.15, 0.2) is 48.9 Å². The molecule has 2 unspecified atom stereocenters. The molecule has 2 amide bonds. The molecule has 2 aliphatic rings. The number of benzene rings is 1. The van der Waals surface area contributed by atoms with Crippen molar-refractivity contribution in [1.29, 1.82) is 0 Å². The molecule has 3 N–H and O–H groups in total. The summed E-state index contributed by atoms with van der Waals surface area (Å²) in [6.45, 7) is 2.70. The molecule has 2 atom stereocenters. The Kier molecular flexibility index (Phi) is 6.38. The van der Waals surface area contributed by atoms with Gasteiger partial charge in [-0.2, -0.15) is 5.10 Å². The number of aryl methyl sites for hydroxylation is 1. The SMILES string of the molecule is Cn1cc(-c2cc3cc(C(=O)Nc4cc(C(=O)NCCN5C6CCC5COC6)ccc4F)cnc3[nH]2)cn1. The molecule has 4 aromatic rings. The van der Waals surface area contributed by atoms with Gasteiger partial charge in [-0.3, -0.25) is 19.2 Å². The third-order valence-corrected chi connectivity index (χ3v) is 7.27. The van der Waals surface area contributed by atoms with Crippen LogP contribution in [0.25, 0.3) is 22.3 Å². The van der Waals surface area contributed by atoms with E-state index >= 15 is 0 Å². The van der Waals surface area contributed by atoms with E-state index in [-0.39, 0.29) is 22.7 Å². The molecule has 5 heterocycles. The van der Waals surface area contributed by atoms with Crippen LogP contribution in [0.2, 0.25) is 0 Å². The number of nitrogens with one attached hydrogen (secondary N) is 3. The van der Waals surface area contributed by atoms with E-state index in [4.69, 9.17) is 4.74 Å². The summed E-state index contributed by atoms with van der Waals surface area (Å²) in [4.78, 5) is 35.6. The fourth-order valence-electron chi connectivity index (χ4n) is 5.29. The molecule has 10 nitrogen and oxygen atoms in total. The average Bonchev–Trinajstić information content (AvgIpc) is 3.59. The van der Waals surface area contributed by atoms with Gasteiger partial charge in [0.2, 0.25) is 0 Å². The summed E-state index contributed by atoms with van der Waals surface area (Å²) in [5.41, 5.74) is 2.81. The van der Waals surface area contributed by atoms with Gasteiger partial charge in [0, 0.05) is 61.1 Å². The predicted octanol–water partition coefficient (Wildman–Crippen LogP) is 2.95. The van der Waals surface area contributed by atoms with E-state index in [1.54, 1.807) is 16.9 Å². The van der Waals surface area contributed by atoms with Gasteiger partial charge in [0.1, 0.15) is 11.5 Å². The Bertz CT molecular complexity index is 1500. The number of morpholine rings is 1. The zero-order valence-electron chi connectivity index (χ0n) is 20.9. The first-order chi connectivity index (χ1) is 18.4. The molecule has 0 aliphatic carbocycles. The van der Waals surface area contributed by atoms with Crippen LogP contribution in [0.4, 0.5) is 10.1 Å². The van der Waals surface area contributed by atoms with Gasteiger partial charge in [0.15, 0.2) is 0 Å². The second-order valence-electron chi connectivity index (χ2n) is 9.81. The number of fused-ring (bicyclic) bond motifs is 3. The molecule has 0 spiro atoms. The summed E-state index contributed by atoms with van der Waals surface area (Å²) in [6.07, 6.45) is 7.28. The Morgan fingerprint density at radius 2 is 1.92 bits per heavy atom. The topological polar surface area (TPSA) is 117 Å². The monoisotopic (exact) mass is 517 g/mol. The quantitative estimate of drug-likeness (QED) is 0.347. The normalized spacial score (nSPS) is 19.1. The molecule has 1 aromatic carbocycles. The van der Waals surface area contributed by atoms with Crippen LogP contribution in [0.5, 0.6) is 0 Å². The maximum atomic E-state index is 14.5. The number of aromatic amines is 1. The lowest BCUT2D eigenvalue weighted by Crippen LogP contribution is -2.48. The number of carbonyl (C=O) groups excluding carboxylic acids is 2. The Morgan fingerprint density at radius 3 is 2.68 bits per heavy atom. The minimum atomic E-state index is -0.630. The van der Waals surface area contributed by atoms with Crippen molar-refractivity contribution in [3.63, 3.8) is 0 Å². The zero-order valence-corrected chi connectivity index (χ0v) is 20.9. The molecular formula is C27H28FN7O3. The van der Waals surface area contributed by atoms with E-state index in [9.17, 15) is 14.0 Å². The van der Waals surface area contributed by atoms with Gasteiger partial charge in [-0.25, -0.2) is 9.37 Å². The molecule has 2 bridgehead atoms. The van der Waals surface area contributed by atoms with Crippen molar-refractivity contribution in [3.05, 3.63) is 65.9 Å². The number of anilines is 1. The molecule has 11 heteroatoms. The van der Waals surface area contributed by atoms with Crippen LogP contribution >= 0.6 is 0 Å². The molecule has 0 saturated carbocycles. The van der Waals surface area contributed by atoms with Crippen molar-refractivity contribution in [1.82, 2.24) is 30.0 Å². The van der Waals surface area contributed by atoms with Gasteiger partial charge < -0.3 is 20.4 Å². The number of nitrogens with zero attached hydrogens (tertiary/aromatic N) is 4. The number of aromatic nitrogens is 4. The average molecular weight is 518 g/mol. The number of ether oxygens (including phenoxy) is 1. The molecule has 6 rings (SSSR count). The molecule has 2 fully saturated rings. The van der Waals surface area contributed by atoms with Gasteiger partial charge >= 0.3 is 0 Å². The standard InChI is InChI=1S/C27H28FN7O3/c1-34-13-19(12-31-34)23-10-17-8-18(11-30-25(17)32-23)27(37)33-24-9-16(2-5-22(24)28)26(36)29-6-7-35-20-3-4-21(35)15-38-14-20/h2,5,8-13,20-21H,3-4,6-7,14-15H2,1H3,(H,29,36)(H,30,32)(H,33,37). The summed E-state index contributed by atoms with van der Waals surface area (Å²) in [7, 11) is 1.83. The summed E-state index contributed by atoms with van der Waals surface area (Å²) in [5.74, 6) is -1.48. The van der Waals surface area contributed by atoms with Gasteiger partial charge in [-0.15, -0.1) is 0 Å². The van der Waals surface area contributed by atoms with Crippen molar-refractivity contribution >= 4 is 28.5 Å². The number of carbonyl (C=O) groups is 2. The van der Waals surface area contributed by atoms with Gasteiger partial charge in [-0.1, -0.05) is 0 Å². The lowest BCUT2D eigenvalue weighted by molar-refractivity contribution is -0.0135. The summed E-state index contributed by atoms with van der Waals surface area (Å²) in [6, 6.07) is 8.34. The number of H-pyrrole nitrogens is 1. The first-order valence-corrected chi connectivity index (χ1v) is 12.6. The lowest BCUT2D eigenvalue weighted by Gasteiger charge is -2.34. The van der Waals surface area contributed by atoms with E-state index in [2.05, 4.69) is 30.6 Å². The van der Waals surface area contributed by atoms with Crippen LogP contribution in [0.3, 0.4) is 0 Å². The van der Waals surface area contributed by atoms with Crippen LogP contribution in [-0.2, 0) is 11.8 Å². The van der Waals surface area contributed by atoms with Crippen molar-refractivity contribution in [2.75, 3.05) is 31.6 Å². The highest BCUT2D eigenvalue weighted by molar-refractivity contribution is 6.06. The highest BCUT2D eigenvalue weighted by Crippen LogP contribution is 2.28. The summed E-state index contributed by atoms with van der Waals surface area (Å²) >= 11 is 0. The zero-order chi connectivity index (χ0) is 26.2. The van der Waals surface area contributed by atoms with Crippen LogP contribution < -0.4 is 10.6 Å². The number of amides is 2.